The van der Waals surface area contributed by atoms with Crippen molar-refractivity contribution in [2.45, 2.75) is 38.1 Å². The molecule has 10 heteroatoms. The van der Waals surface area contributed by atoms with Gasteiger partial charge in [-0.1, -0.05) is 6.92 Å². The number of nitrogens with zero attached hydrogens (tertiary/aromatic N) is 4. The van der Waals surface area contributed by atoms with Gasteiger partial charge < -0.3 is 15.8 Å². The fourth-order valence-electron chi connectivity index (χ4n) is 5.06. The van der Waals surface area contributed by atoms with Crippen molar-refractivity contribution < 1.29 is 18.3 Å². The van der Waals surface area contributed by atoms with E-state index in [-0.39, 0.29) is 40.2 Å². The van der Waals surface area contributed by atoms with Gasteiger partial charge in [0.1, 0.15) is 23.1 Å². The van der Waals surface area contributed by atoms with E-state index in [0.29, 0.717) is 11.6 Å². The lowest BCUT2D eigenvalue weighted by Crippen LogP contribution is -2.31. The van der Waals surface area contributed by atoms with E-state index in [4.69, 9.17) is 10.5 Å². The Morgan fingerprint density at radius 1 is 1.17 bits per heavy atom. The molecule has 4 aromatic rings. The third-order valence-electron chi connectivity index (χ3n) is 6.64. The summed E-state index contributed by atoms with van der Waals surface area (Å²) in [5, 5.41) is 7.04. The first kappa shape index (κ1) is 23.8. The predicted octanol–water partition coefficient (Wildman–Crippen LogP) is 4.56. The fraction of sp³-hybridized carbons (Fsp3) is 0.308. The van der Waals surface area contributed by atoms with Crippen molar-refractivity contribution >= 4 is 17.2 Å². The van der Waals surface area contributed by atoms with Crippen LogP contribution in [0.3, 0.4) is 0 Å². The Hall–Kier alpha value is -3.92. The van der Waals surface area contributed by atoms with Gasteiger partial charge in [0, 0.05) is 30.6 Å². The van der Waals surface area contributed by atoms with Crippen molar-refractivity contribution in [1.29, 1.82) is 0 Å². The topological polar surface area (TPSA) is 107 Å². The summed E-state index contributed by atoms with van der Waals surface area (Å²) in [5.74, 6) is -1.36. The monoisotopic (exact) mass is 492 g/mol. The van der Waals surface area contributed by atoms with Crippen LogP contribution in [0, 0.1) is 17.6 Å². The van der Waals surface area contributed by atoms with Crippen molar-refractivity contribution in [3.05, 3.63) is 71.9 Å². The van der Waals surface area contributed by atoms with Crippen LogP contribution in [0.2, 0.25) is 0 Å². The zero-order chi connectivity index (χ0) is 25.4. The Morgan fingerprint density at radius 3 is 2.67 bits per heavy atom. The van der Waals surface area contributed by atoms with Gasteiger partial charge in [-0.3, -0.25) is 9.78 Å². The number of anilines is 1. The van der Waals surface area contributed by atoms with Gasteiger partial charge in [-0.15, -0.1) is 0 Å². The molecule has 0 bridgehead atoms. The van der Waals surface area contributed by atoms with Gasteiger partial charge in [0.2, 0.25) is 0 Å². The highest BCUT2D eigenvalue weighted by molar-refractivity contribution is 6.03. The van der Waals surface area contributed by atoms with E-state index >= 15 is 0 Å². The summed E-state index contributed by atoms with van der Waals surface area (Å²) in [7, 11) is 1.33. The molecule has 0 saturated heterocycles. The number of hydrogen-bond donors (Lipinski definition) is 2. The summed E-state index contributed by atoms with van der Waals surface area (Å²) >= 11 is 0. The quantitative estimate of drug-likeness (QED) is 0.423. The van der Waals surface area contributed by atoms with Crippen LogP contribution in [-0.2, 0) is 0 Å². The maximum Gasteiger partial charge on any atom is 0.274 e. The van der Waals surface area contributed by atoms with Gasteiger partial charge >= 0.3 is 0 Å². The van der Waals surface area contributed by atoms with Crippen molar-refractivity contribution in [2.75, 3.05) is 12.4 Å². The number of fused-ring (bicyclic) bond motifs is 1. The van der Waals surface area contributed by atoms with Crippen LogP contribution in [0.4, 0.5) is 14.5 Å². The van der Waals surface area contributed by atoms with Gasteiger partial charge in [0.15, 0.2) is 5.65 Å². The van der Waals surface area contributed by atoms with Crippen LogP contribution in [-0.4, -0.2) is 38.6 Å². The second-order valence-corrected chi connectivity index (χ2v) is 9.29. The molecule has 0 spiro atoms. The molecule has 0 unspecified atom stereocenters. The Morgan fingerprint density at radius 2 is 1.94 bits per heavy atom. The highest BCUT2D eigenvalue weighted by atomic mass is 19.1. The van der Waals surface area contributed by atoms with E-state index in [1.165, 1.54) is 30.1 Å². The number of ether oxygens (including phenoxy) is 1. The molecule has 0 aliphatic heterocycles. The van der Waals surface area contributed by atoms with Gasteiger partial charge in [-0.05, 0) is 48.8 Å². The normalized spacial score (nSPS) is 19.9. The zero-order valence-electron chi connectivity index (χ0n) is 19.9. The number of pyridine rings is 1. The van der Waals surface area contributed by atoms with Gasteiger partial charge in [-0.2, -0.15) is 5.10 Å². The van der Waals surface area contributed by atoms with E-state index in [1.54, 1.807) is 12.4 Å². The predicted molar refractivity (Wildman–Crippen MR) is 131 cm³/mol. The first-order valence-corrected chi connectivity index (χ1v) is 11.7. The second-order valence-electron chi connectivity index (χ2n) is 9.29. The summed E-state index contributed by atoms with van der Waals surface area (Å²) in [4.78, 5) is 21.8. The summed E-state index contributed by atoms with van der Waals surface area (Å²) in [6, 6.07) is 5.68. The third-order valence-corrected chi connectivity index (χ3v) is 6.64. The molecule has 1 aliphatic rings. The zero-order valence-corrected chi connectivity index (χ0v) is 19.9. The highest BCUT2D eigenvalue weighted by Crippen LogP contribution is 2.38. The Bertz CT molecular complexity index is 1410. The van der Waals surface area contributed by atoms with E-state index in [9.17, 15) is 13.6 Å². The molecule has 3 heterocycles. The van der Waals surface area contributed by atoms with E-state index in [1.807, 2.05) is 6.07 Å². The molecule has 186 valence electrons. The number of nitrogens with two attached hydrogens (primary N) is 1. The summed E-state index contributed by atoms with van der Waals surface area (Å²) in [5.41, 5.74) is 7.87. The molecule has 1 fully saturated rings. The van der Waals surface area contributed by atoms with E-state index in [2.05, 4.69) is 27.3 Å². The van der Waals surface area contributed by atoms with Crippen LogP contribution in [0.5, 0.6) is 5.75 Å². The fourth-order valence-corrected chi connectivity index (χ4v) is 5.06. The molecule has 1 saturated carbocycles. The van der Waals surface area contributed by atoms with Crippen molar-refractivity contribution in [1.82, 2.24) is 19.6 Å². The third kappa shape index (κ3) is 4.51. The lowest BCUT2D eigenvalue weighted by molar-refractivity contribution is 0.102. The molecular weight excluding hydrogens is 466 g/mol. The SMILES string of the molecule is COc1cc(F)c(-c2cnn3ccc(C(=O)Nc4cnccc4[C@@H]4C[C@H](C)C[C@@H](N)C4)nc23)c(F)c1. The maximum atomic E-state index is 14.7. The number of rotatable bonds is 5. The smallest absolute Gasteiger partial charge is 0.274 e. The molecule has 3 N–H and O–H groups in total. The van der Waals surface area contributed by atoms with Crippen molar-refractivity contribution in [3.8, 4) is 16.9 Å². The van der Waals surface area contributed by atoms with Crippen molar-refractivity contribution in [2.24, 2.45) is 11.7 Å². The number of hydrogen-bond acceptors (Lipinski definition) is 6. The van der Waals surface area contributed by atoms with E-state index < -0.39 is 17.5 Å². The Labute approximate surface area is 206 Å². The Kier molecular flexibility index (Phi) is 6.36. The molecule has 1 aromatic carbocycles. The minimum Gasteiger partial charge on any atom is -0.497 e. The number of carbonyl (C=O) groups excluding carboxylic acids is 1. The summed E-state index contributed by atoms with van der Waals surface area (Å²) in [6.07, 6.45) is 8.94. The molecule has 36 heavy (non-hydrogen) atoms. The average molecular weight is 493 g/mol. The van der Waals surface area contributed by atoms with Gasteiger partial charge in [-0.25, -0.2) is 18.3 Å². The maximum absolute atomic E-state index is 14.7. The lowest BCUT2D eigenvalue weighted by atomic mass is 9.76. The number of nitrogens with one attached hydrogen (secondary N) is 1. The first-order chi connectivity index (χ1) is 17.3. The second kappa shape index (κ2) is 9.62. The minimum absolute atomic E-state index is 0.0545. The average Bonchev–Trinajstić information content (AvgIpc) is 3.26. The highest BCUT2D eigenvalue weighted by Gasteiger charge is 2.28. The Balaban J connectivity index is 1.47. The number of halogens is 2. The number of amides is 1. The minimum atomic E-state index is -0.821. The van der Waals surface area contributed by atoms with Crippen LogP contribution in [0.25, 0.3) is 16.8 Å². The lowest BCUT2D eigenvalue weighted by Gasteiger charge is -2.32. The molecule has 8 nitrogen and oxygen atoms in total. The first-order valence-electron chi connectivity index (χ1n) is 11.7. The number of aromatic nitrogens is 4. The van der Waals surface area contributed by atoms with Crippen LogP contribution >= 0.6 is 0 Å². The molecule has 1 amide bonds. The van der Waals surface area contributed by atoms with Gasteiger partial charge in [0.05, 0.1) is 36.3 Å². The molecule has 3 aromatic heterocycles. The standard InChI is InChI=1S/C26H26F2N6O2/c1-14-7-15(9-16(29)8-14)18-3-5-30-13-23(18)33-26(35)22-4-6-34-25(32-22)19(12-31-34)24-20(27)10-17(36-2)11-21(24)28/h3-6,10-16H,7-9,29H2,1-2H3,(H,33,35)/t14-,15+,16+/m0/s1. The van der Waals surface area contributed by atoms with Crippen LogP contribution in [0.1, 0.15) is 48.2 Å². The summed E-state index contributed by atoms with van der Waals surface area (Å²) < 4.78 is 35.7. The summed E-state index contributed by atoms with van der Waals surface area (Å²) in [6.45, 7) is 2.18. The van der Waals surface area contributed by atoms with Crippen LogP contribution < -0.4 is 15.8 Å². The molecule has 3 atom stereocenters. The molecular formula is C26H26F2N6O2. The molecule has 5 rings (SSSR count). The molecule has 0 radical (unpaired) electrons. The number of benzene rings is 1. The largest absolute Gasteiger partial charge is 0.497 e. The van der Waals surface area contributed by atoms with Crippen LogP contribution in [0.15, 0.2) is 49.1 Å². The van der Waals surface area contributed by atoms with Crippen molar-refractivity contribution in [3.63, 3.8) is 0 Å². The number of carbonyl (C=O) groups is 1. The number of methoxy groups -OCH3 is 1. The molecule has 1 aliphatic carbocycles. The van der Waals surface area contributed by atoms with Gasteiger partial charge in [0.25, 0.3) is 5.91 Å². The van der Waals surface area contributed by atoms with E-state index in [0.717, 1.165) is 37.0 Å².